The molecule has 1 aliphatic carbocycles. The van der Waals surface area contributed by atoms with Gasteiger partial charge in [-0.3, -0.25) is 0 Å². The van der Waals surface area contributed by atoms with E-state index in [-0.39, 0.29) is 4.90 Å². The summed E-state index contributed by atoms with van der Waals surface area (Å²) in [6.07, 6.45) is 3.90. The molecule has 1 aliphatic heterocycles. The Balaban J connectivity index is 1.88. The third-order valence-electron chi connectivity index (χ3n) is 5.31. The molecule has 0 fully saturated rings. The van der Waals surface area contributed by atoms with Gasteiger partial charge in [-0.25, -0.2) is 31.1 Å². The molecule has 1 heterocycles. The molecule has 0 saturated heterocycles. The number of sulfonamides is 1. The molecule has 5 nitrogen and oxygen atoms in total. The lowest BCUT2D eigenvalue weighted by atomic mass is 9.76. The summed E-state index contributed by atoms with van der Waals surface area (Å²) in [6, 6.07) is 2.95. The van der Waals surface area contributed by atoms with Crippen LogP contribution in [-0.2, 0) is 10.0 Å². The van der Waals surface area contributed by atoms with Crippen LogP contribution in [0.15, 0.2) is 35.2 Å². The number of benzene rings is 2. The fourth-order valence-electron chi connectivity index (χ4n) is 3.97. The Hall–Kier alpha value is -2.59. The van der Waals surface area contributed by atoms with Gasteiger partial charge in [0.15, 0.2) is 23.3 Å². The molecule has 0 amide bonds. The van der Waals surface area contributed by atoms with Gasteiger partial charge >= 0.3 is 0 Å². The van der Waals surface area contributed by atoms with Crippen molar-refractivity contribution < 1.29 is 26.0 Å². The van der Waals surface area contributed by atoms with Crippen molar-refractivity contribution >= 4 is 21.4 Å². The quantitative estimate of drug-likeness (QED) is 0.305. The maximum absolute atomic E-state index is 14.5. The van der Waals surface area contributed by atoms with Crippen LogP contribution in [0.4, 0.5) is 28.9 Å². The van der Waals surface area contributed by atoms with Gasteiger partial charge in [0.25, 0.3) is 0 Å². The van der Waals surface area contributed by atoms with Gasteiger partial charge in [0, 0.05) is 11.6 Å². The number of primary sulfonamides is 1. The number of fused-ring (bicyclic) bond motifs is 3. The van der Waals surface area contributed by atoms with Crippen LogP contribution in [0.25, 0.3) is 0 Å². The van der Waals surface area contributed by atoms with Crippen molar-refractivity contribution in [3.63, 3.8) is 0 Å². The summed E-state index contributed by atoms with van der Waals surface area (Å²) in [5, 5.41) is 8.06. The second-order valence-electron chi connectivity index (χ2n) is 6.85. The molecular formula is C18H15F4N3O2S. The summed E-state index contributed by atoms with van der Waals surface area (Å²) in [6.45, 7) is 0. The number of halogens is 4. The zero-order chi connectivity index (χ0) is 20.4. The Bertz CT molecular complexity index is 1110. The monoisotopic (exact) mass is 413 g/mol. The average molecular weight is 413 g/mol. The van der Waals surface area contributed by atoms with E-state index in [4.69, 9.17) is 10.9 Å². The van der Waals surface area contributed by atoms with Gasteiger partial charge in [-0.15, -0.1) is 0 Å². The fraction of sp³-hybridized carbons (Fsp3) is 0.222. The number of rotatable bonds is 2. The van der Waals surface area contributed by atoms with Crippen LogP contribution in [0.3, 0.4) is 0 Å². The topological polar surface area (TPSA) is 98.2 Å². The van der Waals surface area contributed by atoms with Crippen LogP contribution in [0.5, 0.6) is 0 Å². The van der Waals surface area contributed by atoms with Gasteiger partial charge < -0.3 is 11.1 Å². The Kier molecular flexibility index (Phi) is 4.16. The smallest absolute Gasteiger partial charge is 0.238 e. The molecule has 3 atom stereocenters. The second kappa shape index (κ2) is 6.21. The van der Waals surface area contributed by atoms with Gasteiger partial charge in [0.2, 0.25) is 10.0 Å². The first-order valence-corrected chi connectivity index (χ1v) is 9.87. The highest BCUT2D eigenvalue weighted by Crippen LogP contribution is 2.51. The molecule has 2 aliphatic rings. The number of nitrogen functional groups attached to an aromatic ring is 1. The number of anilines is 2. The standard InChI is InChI=1S/C18H15F4N3O2S/c19-13-12(14(20)16(22)17(23)15(13)21)18-9-3-1-2-8(9)10-6-7(28(24,26)27)4-5-11(10)25-18/h1-2,4-6,8-9,18,25H,3,23H2,(H2,24,26,27). The maximum Gasteiger partial charge on any atom is 0.238 e. The van der Waals surface area contributed by atoms with Crippen LogP contribution in [0.2, 0.25) is 0 Å². The van der Waals surface area contributed by atoms with Crippen LogP contribution in [-0.4, -0.2) is 8.42 Å². The van der Waals surface area contributed by atoms with E-state index in [9.17, 15) is 26.0 Å². The zero-order valence-corrected chi connectivity index (χ0v) is 15.0. The van der Waals surface area contributed by atoms with Gasteiger partial charge in [0.1, 0.15) is 5.69 Å². The molecule has 2 aromatic rings. The van der Waals surface area contributed by atoms with Crippen LogP contribution in [0.1, 0.15) is 29.5 Å². The Morgan fingerprint density at radius 3 is 2.29 bits per heavy atom. The van der Waals surface area contributed by atoms with Crippen LogP contribution in [0, 0.1) is 29.2 Å². The van der Waals surface area contributed by atoms with Gasteiger partial charge in [-0.1, -0.05) is 12.2 Å². The lowest BCUT2D eigenvalue weighted by Crippen LogP contribution is -2.31. The zero-order valence-electron chi connectivity index (χ0n) is 14.2. The van der Waals surface area contributed by atoms with Gasteiger partial charge in [-0.2, -0.15) is 0 Å². The lowest BCUT2D eigenvalue weighted by Gasteiger charge is -2.38. The molecule has 0 bridgehead atoms. The number of allylic oxidation sites excluding steroid dienone is 2. The molecule has 10 heteroatoms. The van der Waals surface area contributed by atoms with E-state index in [0.717, 1.165) is 0 Å². The van der Waals surface area contributed by atoms with E-state index in [1.165, 1.54) is 18.2 Å². The molecule has 0 radical (unpaired) electrons. The normalized spacial score (nSPS) is 23.2. The summed E-state index contributed by atoms with van der Waals surface area (Å²) in [5.41, 5.74) is 4.06. The number of nitrogens with one attached hydrogen (secondary N) is 1. The molecule has 28 heavy (non-hydrogen) atoms. The van der Waals surface area contributed by atoms with Crippen molar-refractivity contribution in [3.8, 4) is 0 Å². The molecule has 0 saturated carbocycles. The van der Waals surface area contributed by atoms with E-state index < -0.39 is 62.4 Å². The van der Waals surface area contributed by atoms with Crippen molar-refractivity contribution in [3.05, 3.63) is 64.7 Å². The highest BCUT2D eigenvalue weighted by Gasteiger charge is 2.42. The first-order chi connectivity index (χ1) is 13.1. The van der Waals surface area contributed by atoms with E-state index in [1.54, 1.807) is 12.2 Å². The van der Waals surface area contributed by atoms with Crippen LogP contribution < -0.4 is 16.2 Å². The minimum Gasteiger partial charge on any atom is -0.394 e. The molecule has 0 spiro atoms. The first-order valence-electron chi connectivity index (χ1n) is 8.32. The molecule has 4 rings (SSSR count). The lowest BCUT2D eigenvalue weighted by molar-refractivity contribution is 0.375. The Labute approximate surface area is 158 Å². The van der Waals surface area contributed by atoms with E-state index in [1.807, 2.05) is 0 Å². The predicted molar refractivity (Wildman–Crippen MR) is 94.9 cm³/mol. The second-order valence-corrected chi connectivity index (χ2v) is 8.41. The molecule has 3 unspecified atom stereocenters. The summed E-state index contributed by atoms with van der Waals surface area (Å²) >= 11 is 0. The third-order valence-corrected chi connectivity index (χ3v) is 6.22. The van der Waals surface area contributed by atoms with Gasteiger partial charge in [-0.05, 0) is 36.1 Å². The summed E-state index contributed by atoms with van der Waals surface area (Å²) < 4.78 is 80.3. The molecule has 5 N–H and O–H groups in total. The van der Waals surface area contributed by atoms with E-state index >= 15 is 0 Å². The minimum absolute atomic E-state index is 0.104. The van der Waals surface area contributed by atoms with Crippen molar-refractivity contribution in [1.82, 2.24) is 0 Å². The van der Waals surface area contributed by atoms with Crippen molar-refractivity contribution in [2.45, 2.75) is 23.3 Å². The highest BCUT2D eigenvalue weighted by atomic mass is 32.2. The summed E-state index contributed by atoms with van der Waals surface area (Å²) in [5.74, 6) is -7.30. The van der Waals surface area contributed by atoms with Crippen molar-refractivity contribution in [2.75, 3.05) is 11.1 Å². The van der Waals surface area contributed by atoms with E-state index in [2.05, 4.69) is 5.32 Å². The SMILES string of the molecule is Nc1c(F)c(F)c(C2Nc3ccc(S(N)(=O)=O)cc3C3C=CCC32)c(F)c1F. The van der Waals surface area contributed by atoms with Crippen molar-refractivity contribution in [2.24, 2.45) is 11.1 Å². The summed E-state index contributed by atoms with van der Waals surface area (Å²) in [4.78, 5) is -0.104. The number of nitrogens with two attached hydrogens (primary N) is 2. The molecular weight excluding hydrogens is 398 g/mol. The minimum atomic E-state index is -3.95. The van der Waals surface area contributed by atoms with E-state index in [0.29, 0.717) is 17.7 Å². The largest absolute Gasteiger partial charge is 0.394 e. The number of hydrogen-bond acceptors (Lipinski definition) is 4. The highest BCUT2D eigenvalue weighted by molar-refractivity contribution is 7.89. The predicted octanol–water partition coefficient (Wildman–Crippen LogP) is 3.30. The van der Waals surface area contributed by atoms with Gasteiger partial charge in [0.05, 0.1) is 16.5 Å². The summed E-state index contributed by atoms with van der Waals surface area (Å²) in [7, 11) is -3.95. The fourth-order valence-corrected chi connectivity index (χ4v) is 4.52. The van der Waals surface area contributed by atoms with Crippen LogP contribution >= 0.6 is 0 Å². The molecule has 2 aromatic carbocycles. The Morgan fingerprint density at radius 2 is 1.68 bits per heavy atom. The van der Waals surface area contributed by atoms with Crippen molar-refractivity contribution in [1.29, 1.82) is 0 Å². The average Bonchev–Trinajstić information content (AvgIpc) is 3.14. The molecule has 0 aromatic heterocycles. The maximum atomic E-state index is 14.5. The molecule has 148 valence electrons. The number of hydrogen-bond donors (Lipinski definition) is 3. The first kappa shape index (κ1) is 18.8. The third kappa shape index (κ3) is 2.67. The Morgan fingerprint density at radius 1 is 1.04 bits per heavy atom.